The van der Waals surface area contributed by atoms with Gasteiger partial charge in [-0.1, -0.05) is 24.3 Å². The van der Waals surface area contributed by atoms with Crippen molar-refractivity contribution in [3.8, 4) is 0 Å². The molecule has 0 bridgehead atoms. The average Bonchev–Trinajstić information content (AvgIpc) is 3.31. The fraction of sp³-hybridized carbons (Fsp3) is 0.312. The van der Waals surface area contributed by atoms with Crippen molar-refractivity contribution < 1.29 is 4.79 Å². The fourth-order valence-electron chi connectivity index (χ4n) is 2.02. The van der Waals surface area contributed by atoms with E-state index in [-0.39, 0.29) is 5.91 Å². The van der Waals surface area contributed by atoms with Crippen LogP contribution < -0.4 is 10.6 Å². The van der Waals surface area contributed by atoms with E-state index in [2.05, 4.69) is 39.7 Å². The van der Waals surface area contributed by atoms with Gasteiger partial charge in [-0.2, -0.15) is 0 Å². The minimum Gasteiger partial charge on any atom is -0.365 e. The summed E-state index contributed by atoms with van der Waals surface area (Å²) in [4.78, 5) is 20.2. The van der Waals surface area contributed by atoms with Gasteiger partial charge >= 0.3 is 0 Å². The second-order valence-corrected chi connectivity index (χ2v) is 5.31. The van der Waals surface area contributed by atoms with Gasteiger partial charge in [0, 0.05) is 12.6 Å². The first-order valence-electron chi connectivity index (χ1n) is 7.13. The van der Waals surface area contributed by atoms with E-state index >= 15 is 0 Å². The summed E-state index contributed by atoms with van der Waals surface area (Å²) in [6.07, 6.45) is 5.24. The lowest BCUT2D eigenvalue weighted by Crippen LogP contribution is -2.26. The maximum Gasteiger partial charge on any atom is 0.271 e. The van der Waals surface area contributed by atoms with Crippen LogP contribution in [0.15, 0.2) is 36.7 Å². The molecule has 1 aromatic carbocycles. The zero-order valence-electron chi connectivity index (χ0n) is 12.0. The highest BCUT2D eigenvalue weighted by atomic mass is 16.2. The summed E-state index contributed by atoms with van der Waals surface area (Å²) in [6, 6.07) is 8.52. The van der Waals surface area contributed by atoms with Gasteiger partial charge in [0.2, 0.25) is 0 Å². The predicted molar refractivity (Wildman–Crippen MR) is 81.0 cm³/mol. The minimum atomic E-state index is -0.143. The molecule has 1 heterocycles. The molecule has 1 fully saturated rings. The maximum absolute atomic E-state index is 11.8. The summed E-state index contributed by atoms with van der Waals surface area (Å²) in [6.45, 7) is 2.77. The molecule has 0 atom stereocenters. The van der Waals surface area contributed by atoms with Crippen LogP contribution in [0.4, 0.5) is 5.82 Å². The van der Waals surface area contributed by atoms with E-state index in [4.69, 9.17) is 0 Å². The number of nitrogens with one attached hydrogen (secondary N) is 2. The summed E-state index contributed by atoms with van der Waals surface area (Å²) in [5.74, 6) is 0.525. The molecule has 0 unspecified atom stereocenters. The number of hydrogen-bond acceptors (Lipinski definition) is 4. The normalized spacial score (nSPS) is 13.8. The molecule has 0 aliphatic heterocycles. The highest BCUT2D eigenvalue weighted by Gasteiger charge is 2.24. The number of hydrogen-bond donors (Lipinski definition) is 2. The standard InChI is InChI=1S/C16H18N4O/c1-11-4-2-3-5-12(11)8-18-15-10-17-14(9-19-15)16(21)20-13-6-7-13/h2-5,9-10,13H,6-8H2,1H3,(H,18,19)(H,20,21). The van der Waals surface area contributed by atoms with E-state index in [1.165, 1.54) is 17.3 Å². The molecule has 2 N–H and O–H groups in total. The number of carbonyl (C=O) groups is 1. The van der Waals surface area contributed by atoms with Gasteiger partial charge < -0.3 is 10.6 Å². The second-order valence-electron chi connectivity index (χ2n) is 5.31. The van der Waals surface area contributed by atoms with Crippen LogP contribution in [0.1, 0.15) is 34.5 Å². The fourth-order valence-corrected chi connectivity index (χ4v) is 2.02. The zero-order valence-corrected chi connectivity index (χ0v) is 12.0. The molecule has 0 radical (unpaired) electrons. The summed E-state index contributed by atoms with van der Waals surface area (Å²) >= 11 is 0. The first-order valence-corrected chi connectivity index (χ1v) is 7.13. The number of rotatable bonds is 5. The van der Waals surface area contributed by atoms with Crippen molar-refractivity contribution >= 4 is 11.7 Å². The Balaban J connectivity index is 1.59. The third kappa shape index (κ3) is 3.56. The van der Waals surface area contributed by atoms with E-state index in [1.54, 1.807) is 6.20 Å². The molecule has 21 heavy (non-hydrogen) atoms. The summed E-state index contributed by atoms with van der Waals surface area (Å²) in [5, 5.41) is 6.11. The SMILES string of the molecule is Cc1ccccc1CNc1cnc(C(=O)NC2CC2)cn1. The molecule has 1 aliphatic rings. The number of amides is 1. The largest absolute Gasteiger partial charge is 0.365 e. The Kier molecular flexibility index (Phi) is 3.81. The predicted octanol–water partition coefficient (Wildman–Crippen LogP) is 2.29. The molecule has 1 saturated carbocycles. The van der Waals surface area contributed by atoms with E-state index in [0.717, 1.165) is 12.8 Å². The topological polar surface area (TPSA) is 66.9 Å². The van der Waals surface area contributed by atoms with Crippen LogP contribution in [-0.4, -0.2) is 21.9 Å². The number of anilines is 1. The van der Waals surface area contributed by atoms with Gasteiger partial charge in [-0.05, 0) is 30.9 Å². The Morgan fingerprint density at radius 3 is 2.71 bits per heavy atom. The van der Waals surface area contributed by atoms with E-state index in [9.17, 15) is 4.79 Å². The van der Waals surface area contributed by atoms with Crippen molar-refractivity contribution in [2.75, 3.05) is 5.32 Å². The lowest BCUT2D eigenvalue weighted by molar-refractivity contribution is 0.0945. The molecule has 3 rings (SSSR count). The van der Waals surface area contributed by atoms with Gasteiger partial charge in [0.25, 0.3) is 5.91 Å². The number of aryl methyl sites for hydroxylation is 1. The number of carbonyl (C=O) groups excluding carboxylic acids is 1. The van der Waals surface area contributed by atoms with Crippen LogP contribution in [0.2, 0.25) is 0 Å². The molecule has 108 valence electrons. The van der Waals surface area contributed by atoms with Gasteiger partial charge in [0.05, 0.1) is 12.4 Å². The van der Waals surface area contributed by atoms with Crippen molar-refractivity contribution in [1.82, 2.24) is 15.3 Å². The van der Waals surface area contributed by atoms with Crippen molar-refractivity contribution in [3.05, 3.63) is 53.5 Å². The third-order valence-electron chi connectivity index (χ3n) is 3.52. The molecule has 5 nitrogen and oxygen atoms in total. The lowest BCUT2D eigenvalue weighted by atomic mass is 10.1. The smallest absolute Gasteiger partial charge is 0.271 e. The molecule has 1 aromatic heterocycles. The molecule has 2 aromatic rings. The van der Waals surface area contributed by atoms with Gasteiger partial charge in [0.15, 0.2) is 0 Å². The van der Waals surface area contributed by atoms with E-state index in [1.807, 2.05) is 12.1 Å². The van der Waals surface area contributed by atoms with E-state index < -0.39 is 0 Å². The number of aromatic nitrogens is 2. The molecular formula is C16H18N4O. The number of benzene rings is 1. The Morgan fingerprint density at radius 2 is 2.05 bits per heavy atom. The number of nitrogens with zero attached hydrogens (tertiary/aromatic N) is 2. The first kappa shape index (κ1) is 13.5. The summed E-state index contributed by atoms with van der Waals surface area (Å²) in [5.41, 5.74) is 2.82. The van der Waals surface area contributed by atoms with Crippen molar-refractivity contribution in [2.45, 2.75) is 32.4 Å². The maximum atomic E-state index is 11.8. The minimum absolute atomic E-state index is 0.143. The molecule has 5 heteroatoms. The Hall–Kier alpha value is -2.43. The Labute approximate surface area is 123 Å². The first-order chi connectivity index (χ1) is 10.2. The average molecular weight is 282 g/mol. The van der Waals surface area contributed by atoms with Crippen LogP contribution in [0.3, 0.4) is 0 Å². The van der Waals surface area contributed by atoms with E-state index in [0.29, 0.717) is 24.1 Å². The van der Waals surface area contributed by atoms with Crippen LogP contribution in [0, 0.1) is 6.92 Å². The monoisotopic (exact) mass is 282 g/mol. The Morgan fingerprint density at radius 1 is 1.24 bits per heavy atom. The molecular weight excluding hydrogens is 264 g/mol. The quantitative estimate of drug-likeness (QED) is 0.883. The lowest BCUT2D eigenvalue weighted by Gasteiger charge is -2.08. The van der Waals surface area contributed by atoms with Gasteiger partial charge in [-0.15, -0.1) is 0 Å². The Bertz CT molecular complexity index is 635. The second kappa shape index (κ2) is 5.91. The third-order valence-corrected chi connectivity index (χ3v) is 3.52. The van der Waals surface area contributed by atoms with Gasteiger partial charge in [0.1, 0.15) is 11.5 Å². The molecule has 1 aliphatic carbocycles. The van der Waals surface area contributed by atoms with Crippen molar-refractivity contribution in [1.29, 1.82) is 0 Å². The highest BCUT2D eigenvalue weighted by molar-refractivity contribution is 5.92. The van der Waals surface area contributed by atoms with Crippen molar-refractivity contribution in [3.63, 3.8) is 0 Å². The zero-order chi connectivity index (χ0) is 14.7. The van der Waals surface area contributed by atoms with Crippen LogP contribution in [0.25, 0.3) is 0 Å². The summed E-state index contributed by atoms with van der Waals surface area (Å²) in [7, 11) is 0. The summed E-state index contributed by atoms with van der Waals surface area (Å²) < 4.78 is 0. The molecule has 0 spiro atoms. The van der Waals surface area contributed by atoms with Gasteiger partial charge in [-0.25, -0.2) is 9.97 Å². The van der Waals surface area contributed by atoms with Crippen LogP contribution in [-0.2, 0) is 6.54 Å². The van der Waals surface area contributed by atoms with Crippen molar-refractivity contribution in [2.24, 2.45) is 0 Å². The molecule has 1 amide bonds. The van der Waals surface area contributed by atoms with Crippen LogP contribution in [0.5, 0.6) is 0 Å². The van der Waals surface area contributed by atoms with Gasteiger partial charge in [-0.3, -0.25) is 4.79 Å². The van der Waals surface area contributed by atoms with Crippen LogP contribution >= 0.6 is 0 Å². The highest BCUT2D eigenvalue weighted by Crippen LogP contribution is 2.19. The molecule has 0 saturated heterocycles.